The molecule has 0 atom stereocenters. The largest absolute Gasteiger partial charge is 0.451 e. The highest BCUT2D eigenvalue weighted by atomic mass is 16.5. The number of aromatic nitrogens is 3. The second-order valence-corrected chi connectivity index (χ2v) is 6.62. The zero-order valence-electron chi connectivity index (χ0n) is 16.9. The summed E-state index contributed by atoms with van der Waals surface area (Å²) in [7, 11) is 1.68. The number of nitrogens with one attached hydrogen (secondary N) is 1. The van der Waals surface area contributed by atoms with Crippen LogP contribution < -0.4 is 21.9 Å². The van der Waals surface area contributed by atoms with Gasteiger partial charge in [0, 0.05) is 26.3 Å². The van der Waals surface area contributed by atoms with Crippen LogP contribution >= 0.6 is 0 Å². The number of hydrogen-bond acceptors (Lipinski definition) is 6. The van der Waals surface area contributed by atoms with Crippen molar-refractivity contribution in [1.82, 2.24) is 14.1 Å². The third-order valence-electron chi connectivity index (χ3n) is 4.45. The van der Waals surface area contributed by atoms with Crippen molar-refractivity contribution >= 4 is 23.4 Å². The van der Waals surface area contributed by atoms with Crippen LogP contribution in [0.4, 0.5) is 11.5 Å². The van der Waals surface area contributed by atoms with Gasteiger partial charge in [0.05, 0.1) is 0 Å². The van der Waals surface area contributed by atoms with Crippen LogP contribution in [-0.2, 0) is 23.1 Å². The fourth-order valence-electron chi connectivity index (χ4n) is 2.91. The van der Waals surface area contributed by atoms with E-state index in [1.54, 1.807) is 29.9 Å². The molecule has 3 N–H and O–H groups in total. The van der Waals surface area contributed by atoms with E-state index in [1.807, 2.05) is 13.8 Å². The summed E-state index contributed by atoms with van der Waals surface area (Å²) in [5, 5.41) is 0. The average Bonchev–Trinajstić information content (AvgIpc) is 3.11. The van der Waals surface area contributed by atoms with E-state index in [0.717, 1.165) is 6.42 Å². The second-order valence-electron chi connectivity index (χ2n) is 6.62. The Labute approximate surface area is 167 Å². The molecule has 0 aliphatic rings. The lowest BCUT2D eigenvalue weighted by Gasteiger charge is -2.24. The molecule has 29 heavy (non-hydrogen) atoms. The van der Waals surface area contributed by atoms with Gasteiger partial charge in [-0.2, -0.15) is 0 Å². The van der Waals surface area contributed by atoms with E-state index in [4.69, 9.17) is 10.5 Å². The number of aromatic amines is 1. The van der Waals surface area contributed by atoms with Crippen molar-refractivity contribution in [2.24, 2.45) is 7.05 Å². The number of carbonyl (C=O) groups is 2. The number of nitrogens with two attached hydrogens (primary N) is 1. The number of nitrogen functional groups attached to an aromatic ring is 1. The van der Waals surface area contributed by atoms with Crippen LogP contribution in [0.3, 0.4) is 0 Å². The van der Waals surface area contributed by atoms with Crippen molar-refractivity contribution in [2.75, 3.05) is 23.8 Å². The predicted molar refractivity (Wildman–Crippen MR) is 109 cm³/mol. The lowest BCUT2D eigenvalue weighted by Crippen LogP contribution is -2.43. The van der Waals surface area contributed by atoms with Gasteiger partial charge in [-0.3, -0.25) is 19.1 Å². The summed E-state index contributed by atoms with van der Waals surface area (Å²) in [5.41, 5.74) is 4.88. The predicted octanol–water partition coefficient (Wildman–Crippen LogP) is 0.857. The number of rotatable bonds is 9. The molecule has 0 saturated heterocycles. The number of unbranched alkanes of at least 4 members (excludes halogenated alkanes) is 1. The Kier molecular flexibility index (Phi) is 7.40. The van der Waals surface area contributed by atoms with Crippen molar-refractivity contribution in [1.29, 1.82) is 0 Å². The Morgan fingerprint density at radius 2 is 1.97 bits per heavy atom. The summed E-state index contributed by atoms with van der Waals surface area (Å²) in [6, 6.07) is 3.26. The number of esters is 1. The molecule has 0 aliphatic carbocycles. The number of H-pyrrole nitrogens is 1. The average molecular weight is 405 g/mol. The SMILES string of the molecule is CCCCN(C(=O)COC(=O)c1cccn1C)c1c(N)n(CCC)c(=O)[nH]c1=O. The summed E-state index contributed by atoms with van der Waals surface area (Å²) in [4.78, 5) is 52.9. The van der Waals surface area contributed by atoms with E-state index in [2.05, 4.69) is 4.98 Å². The van der Waals surface area contributed by atoms with Gasteiger partial charge in [-0.15, -0.1) is 0 Å². The molecule has 0 fully saturated rings. The van der Waals surface area contributed by atoms with Gasteiger partial charge in [0.25, 0.3) is 11.5 Å². The van der Waals surface area contributed by atoms with Crippen molar-refractivity contribution in [3.63, 3.8) is 0 Å². The molecule has 10 heteroatoms. The first-order valence-electron chi connectivity index (χ1n) is 9.53. The molecule has 0 bridgehead atoms. The van der Waals surface area contributed by atoms with Gasteiger partial charge in [-0.1, -0.05) is 20.3 Å². The molecule has 1 amide bonds. The molecular formula is C19H27N5O5. The number of amides is 1. The number of aryl methyl sites for hydroxylation is 1. The van der Waals surface area contributed by atoms with Crippen molar-refractivity contribution in [3.8, 4) is 0 Å². The highest BCUT2D eigenvalue weighted by molar-refractivity contribution is 5.98. The molecule has 0 radical (unpaired) electrons. The molecule has 2 rings (SSSR count). The van der Waals surface area contributed by atoms with Gasteiger partial charge >= 0.3 is 11.7 Å². The lowest BCUT2D eigenvalue weighted by atomic mass is 10.2. The minimum Gasteiger partial charge on any atom is -0.451 e. The zero-order chi connectivity index (χ0) is 21.6. The Hall–Kier alpha value is -3.30. The third kappa shape index (κ3) is 4.95. The molecule has 10 nitrogen and oxygen atoms in total. The highest BCUT2D eigenvalue weighted by Gasteiger charge is 2.25. The van der Waals surface area contributed by atoms with Gasteiger partial charge in [0.2, 0.25) is 0 Å². The molecular weight excluding hydrogens is 378 g/mol. The van der Waals surface area contributed by atoms with Gasteiger partial charge in [0.1, 0.15) is 11.5 Å². The van der Waals surface area contributed by atoms with Gasteiger partial charge < -0.3 is 19.9 Å². The molecule has 2 heterocycles. The maximum absolute atomic E-state index is 12.8. The standard InChI is InChI=1S/C19H27N5O5/c1-4-6-11-23(14(25)12-29-18(27)13-8-7-10-22(13)3)15-16(20)24(9-5-2)19(28)21-17(15)26/h7-8,10H,4-6,9,11-12,20H2,1-3H3,(H,21,26,28). The molecule has 2 aromatic rings. The van der Waals surface area contributed by atoms with Gasteiger partial charge in [-0.25, -0.2) is 9.59 Å². The zero-order valence-corrected chi connectivity index (χ0v) is 16.9. The topological polar surface area (TPSA) is 132 Å². The van der Waals surface area contributed by atoms with Crippen molar-refractivity contribution in [2.45, 2.75) is 39.7 Å². The second kappa shape index (κ2) is 9.76. The number of anilines is 2. The summed E-state index contributed by atoms with van der Waals surface area (Å²) in [6.45, 7) is 3.74. The smallest absolute Gasteiger partial charge is 0.355 e. The maximum atomic E-state index is 12.8. The molecule has 0 aromatic carbocycles. The molecule has 0 aliphatic heterocycles. The number of nitrogens with zero attached hydrogens (tertiary/aromatic N) is 3. The highest BCUT2D eigenvalue weighted by Crippen LogP contribution is 2.18. The quantitative estimate of drug-likeness (QED) is 0.595. The van der Waals surface area contributed by atoms with Crippen molar-refractivity contribution < 1.29 is 14.3 Å². The lowest BCUT2D eigenvalue weighted by molar-refractivity contribution is -0.121. The molecule has 0 saturated carbocycles. The summed E-state index contributed by atoms with van der Waals surface area (Å²) in [5.74, 6) is -1.34. The fraction of sp³-hybridized carbons (Fsp3) is 0.474. The minimum absolute atomic E-state index is 0.0844. The number of ether oxygens (including phenoxy) is 1. The van der Waals surface area contributed by atoms with E-state index in [0.29, 0.717) is 25.1 Å². The maximum Gasteiger partial charge on any atom is 0.355 e. The van der Waals surface area contributed by atoms with E-state index < -0.39 is 29.7 Å². The van der Waals surface area contributed by atoms with Crippen LogP contribution in [0, 0.1) is 0 Å². The third-order valence-corrected chi connectivity index (χ3v) is 4.45. The van der Waals surface area contributed by atoms with Crippen LogP contribution in [-0.4, -0.2) is 39.1 Å². The van der Waals surface area contributed by atoms with E-state index in [9.17, 15) is 19.2 Å². The van der Waals surface area contributed by atoms with Gasteiger partial charge in [-0.05, 0) is 25.0 Å². The first-order valence-corrected chi connectivity index (χ1v) is 9.53. The van der Waals surface area contributed by atoms with Crippen LogP contribution in [0.2, 0.25) is 0 Å². The fourth-order valence-corrected chi connectivity index (χ4v) is 2.91. The minimum atomic E-state index is -0.752. The normalized spacial score (nSPS) is 10.7. The summed E-state index contributed by atoms with van der Waals surface area (Å²) >= 11 is 0. The van der Waals surface area contributed by atoms with Crippen LogP contribution in [0.15, 0.2) is 27.9 Å². The Morgan fingerprint density at radius 3 is 2.55 bits per heavy atom. The van der Waals surface area contributed by atoms with E-state index >= 15 is 0 Å². The van der Waals surface area contributed by atoms with E-state index in [-0.39, 0.29) is 18.1 Å². The van der Waals surface area contributed by atoms with Crippen LogP contribution in [0.5, 0.6) is 0 Å². The molecule has 158 valence electrons. The monoisotopic (exact) mass is 405 g/mol. The molecule has 2 aromatic heterocycles. The Balaban J connectivity index is 2.31. The van der Waals surface area contributed by atoms with Gasteiger partial charge in [0.15, 0.2) is 12.3 Å². The Morgan fingerprint density at radius 1 is 1.24 bits per heavy atom. The van der Waals surface area contributed by atoms with Crippen LogP contribution in [0.25, 0.3) is 0 Å². The molecule has 0 spiro atoms. The van der Waals surface area contributed by atoms with E-state index in [1.165, 1.54) is 9.47 Å². The van der Waals surface area contributed by atoms with Crippen molar-refractivity contribution in [3.05, 3.63) is 44.9 Å². The Bertz CT molecular complexity index is 988. The molecule has 0 unspecified atom stereocenters. The summed E-state index contributed by atoms with van der Waals surface area (Å²) in [6.07, 6.45) is 3.67. The number of hydrogen-bond donors (Lipinski definition) is 2. The number of carbonyl (C=O) groups excluding carboxylic acids is 2. The van der Waals surface area contributed by atoms with Crippen LogP contribution in [0.1, 0.15) is 43.6 Å². The first kappa shape index (κ1) is 22.0. The summed E-state index contributed by atoms with van der Waals surface area (Å²) < 4.78 is 7.92. The first-order chi connectivity index (χ1) is 13.8.